The molecule has 1 aliphatic rings. The van der Waals surface area contributed by atoms with E-state index < -0.39 is 18.0 Å². The van der Waals surface area contributed by atoms with Crippen molar-refractivity contribution < 1.29 is 19.8 Å². The second kappa shape index (κ2) is 7.22. The Labute approximate surface area is 124 Å². The van der Waals surface area contributed by atoms with Crippen molar-refractivity contribution in [2.45, 2.75) is 31.8 Å². The SMILES string of the molecule is O=C(O)[C@H]1CC[C@@H](C(=O)NCC(O)Cc2ccccc2)C1. The van der Waals surface area contributed by atoms with Crippen molar-refractivity contribution in [2.75, 3.05) is 6.54 Å². The van der Waals surface area contributed by atoms with Gasteiger partial charge in [0.25, 0.3) is 0 Å². The molecule has 1 saturated carbocycles. The lowest BCUT2D eigenvalue weighted by molar-refractivity contribution is -0.141. The van der Waals surface area contributed by atoms with Crippen molar-refractivity contribution in [3.8, 4) is 0 Å². The van der Waals surface area contributed by atoms with Crippen LogP contribution in [0.4, 0.5) is 0 Å². The summed E-state index contributed by atoms with van der Waals surface area (Å²) in [7, 11) is 0. The number of nitrogens with one attached hydrogen (secondary N) is 1. The third-order valence-electron chi connectivity index (χ3n) is 3.98. The van der Waals surface area contributed by atoms with Crippen LogP contribution in [0.15, 0.2) is 30.3 Å². The summed E-state index contributed by atoms with van der Waals surface area (Å²) in [6, 6.07) is 9.59. The molecule has 1 aliphatic carbocycles. The quantitative estimate of drug-likeness (QED) is 0.735. The van der Waals surface area contributed by atoms with Crippen LogP contribution < -0.4 is 5.32 Å². The maximum Gasteiger partial charge on any atom is 0.306 e. The predicted octanol–water partition coefficient (Wildman–Crippen LogP) is 1.21. The number of aliphatic hydroxyl groups is 1. The number of aliphatic carboxylic acids is 1. The van der Waals surface area contributed by atoms with Gasteiger partial charge in [-0.05, 0) is 24.8 Å². The van der Waals surface area contributed by atoms with Crippen molar-refractivity contribution in [2.24, 2.45) is 11.8 Å². The number of carbonyl (C=O) groups excluding carboxylic acids is 1. The maximum absolute atomic E-state index is 12.0. The van der Waals surface area contributed by atoms with Gasteiger partial charge in [-0.2, -0.15) is 0 Å². The fourth-order valence-corrected chi connectivity index (χ4v) is 2.77. The second-order valence-electron chi connectivity index (χ2n) is 5.63. The van der Waals surface area contributed by atoms with E-state index in [9.17, 15) is 14.7 Å². The third kappa shape index (κ3) is 4.56. The minimum Gasteiger partial charge on any atom is -0.481 e. The van der Waals surface area contributed by atoms with Gasteiger partial charge < -0.3 is 15.5 Å². The monoisotopic (exact) mass is 291 g/mol. The van der Waals surface area contributed by atoms with E-state index in [0.29, 0.717) is 25.7 Å². The molecule has 2 rings (SSSR count). The van der Waals surface area contributed by atoms with E-state index >= 15 is 0 Å². The number of rotatable bonds is 6. The first-order valence-corrected chi connectivity index (χ1v) is 7.28. The molecule has 1 amide bonds. The van der Waals surface area contributed by atoms with E-state index in [1.54, 1.807) is 0 Å². The number of carboxylic acid groups (broad SMARTS) is 1. The lowest BCUT2D eigenvalue weighted by Crippen LogP contribution is -2.36. The van der Waals surface area contributed by atoms with Crippen LogP contribution in [0.3, 0.4) is 0 Å². The van der Waals surface area contributed by atoms with Crippen molar-refractivity contribution in [3.63, 3.8) is 0 Å². The summed E-state index contributed by atoms with van der Waals surface area (Å²) >= 11 is 0. The first-order valence-electron chi connectivity index (χ1n) is 7.28. The van der Waals surface area contributed by atoms with Crippen molar-refractivity contribution in [3.05, 3.63) is 35.9 Å². The topological polar surface area (TPSA) is 86.6 Å². The van der Waals surface area contributed by atoms with E-state index in [2.05, 4.69) is 5.32 Å². The molecule has 0 bridgehead atoms. The molecule has 3 N–H and O–H groups in total. The van der Waals surface area contributed by atoms with Gasteiger partial charge in [0, 0.05) is 18.9 Å². The van der Waals surface area contributed by atoms with Crippen molar-refractivity contribution >= 4 is 11.9 Å². The van der Waals surface area contributed by atoms with E-state index in [1.807, 2.05) is 30.3 Å². The molecule has 0 heterocycles. The first-order chi connectivity index (χ1) is 10.1. The summed E-state index contributed by atoms with van der Waals surface area (Å²) in [5.41, 5.74) is 1.02. The number of aliphatic hydroxyl groups excluding tert-OH is 1. The Morgan fingerprint density at radius 1 is 1.19 bits per heavy atom. The Kier molecular flexibility index (Phi) is 5.33. The van der Waals surface area contributed by atoms with Crippen LogP contribution in [0.25, 0.3) is 0 Å². The van der Waals surface area contributed by atoms with Gasteiger partial charge in [-0.3, -0.25) is 9.59 Å². The average molecular weight is 291 g/mol. The molecule has 5 nitrogen and oxygen atoms in total. The van der Waals surface area contributed by atoms with Gasteiger partial charge in [0.15, 0.2) is 0 Å². The van der Waals surface area contributed by atoms with Gasteiger partial charge in [0.05, 0.1) is 12.0 Å². The maximum atomic E-state index is 12.0. The Bertz CT molecular complexity index is 488. The standard InChI is InChI=1S/C16H21NO4/c18-14(8-11-4-2-1-3-5-11)10-17-15(19)12-6-7-13(9-12)16(20)21/h1-5,12-14,18H,6-10H2,(H,17,19)(H,20,21)/t12-,13+,14?/m1/s1. The second-order valence-corrected chi connectivity index (χ2v) is 5.63. The molecule has 3 atom stereocenters. The molecule has 0 aliphatic heterocycles. The van der Waals surface area contributed by atoms with Gasteiger partial charge in [-0.1, -0.05) is 30.3 Å². The number of hydrogen-bond acceptors (Lipinski definition) is 3. The molecule has 1 aromatic rings. The molecule has 1 fully saturated rings. The first kappa shape index (κ1) is 15.5. The fourth-order valence-electron chi connectivity index (χ4n) is 2.77. The highest BCUT2D eigenvalue weighted by molar-refractivity contribution is 5.80. The summed E-state index contributed by atoms with van der Waals surface area (Å²) < 4.78 is 0. The summed E-state index contributed by atoms with van der Waals surface area (Å²) in [6.07, 6.45) is 1.42. The number of hydrogen-bond donors (Lipinski definition) is 3. The zero-order chi connectivity index (χ0) is 15.2. The summed E-state index contributed by atoms with van der Waals surface area (Å²) in [5, 5.41) is 21.6. The Morgan fingerprint density at radius 2 is 1.86 bits per heavy atom. The van der Waals surface area contributed by atoms with Crippen LogP contribution in [-0.4, -0.2) is 34.7 Å². The molecule has 0 radical (unpaired) electrons. The molecular weight excluding hydrogens is 270 g/mol. The molecule has 5 heteroatoms. The van der Waals surface area contributed by atoms with Gasteiger partial charge in [0.1, 0.15) is 0 Å². The largest absolute Gasteiger partial charge is 0.481 e. The fraction of sp³-hybridized carbons (Fsp3) is 0.500. The van der Waals surface area contributed by atoms with E-state index in [-0.39, 0.29) is 18.4 Å². The molecule has 1 unspecified atom stereocenters. The van der Waals surface area contributed by atoms with Crippen LogP contribution in [0.2, 0.25) is 0 Å². The summed E-state index contributed by atoms with van der Waals surface area (Å²) in [6.45, 7) is 0.196. The van der Waals surface area contributed by atoms with Crippen LogP contribution in [0.1, 0.15) is 24.8 Å². The lowest BCUT2D eigenvalue weighted by Gasteiger charge is -2.14. The minimum atomic E-state index is -0.825. The van der Waals surface area contributed by atoms with E-state index in [1.165, 1.54) is 0 Å². The molecule has 114 valence electrons. The summed E-state index contributed by atoms with van der Waals surface area (Å²) in [5.74, 6) is -1.62. The zero-order valence-corrected chi connectivity index (χ0v) is 11.9. The van der Waals surface area contributed by atoms with Gasteiger partial charge >= 0.3 is 5.97 Å². The molecule has 0 saturated heterocycles. The number of benzene rings is 1. The minimum absolute atomic E-state index is 0.147. The van der Waals surface area contributed by atoms with Crippen LogP contribution in [0.5, 0.6) is 0 Å². The zero-order valence-electron chi connectivity index (χ0n) is 11.9. The normalized spacial score (nSPS) is 22.7. The Balaban J connectivity index is 1.73. The predicted molar refractivity (Wildman–Crippen MR) is 77.6 cm³/mol. The van der Waals surface area contributed by atoms with Gasteiger partial charge in [-0.25, -0.2) is 0 Å². The van der Waals surface area contributed by atoms with Crippen LogP contribution in [-0.2, 0) is 16.0 Å². The highest BCUT2D eigenvalue weighted by atomic mass is 16.4. The number of carboxylic acids is 1. The Hall–Kier alpha value is -1.88. The lowest BCUT2D eigenvalue weighted by atomic mass is 10.0. The van der Waals surface area contributed by atoms with Crippen molar-refractivity contribution in [1.29, 1.82) is 0 Å². The van der Waals surface area contributed by atoms with Crippen LogP contribution >= 0.6 is 0 Å². The van der Waals surface area contributed by atoms with Gasteiger partial charge in [-0.15, -0.1) is 0 Å². The van der Waals surface area contributed by atoms with Crippen LogP contribution in [0, 0.1) is 11.8 Å². The third-order valence-corrected chi connectivity index (χ3v) is 3.98. The average Bonchev–Trinajstić information content (AvgIpc) is 2.96. The molecule has 1 aromatic carbocycles. The number of carbonyl (C=O) groups is 2. The van der Waals surface area contributed by atoms with E-state index in [0.717, 1.165) is 5.56 Å². The van der Waals surface area contributed by atoms with Gasteiger partial charge in [0.2, 0.25) is 5.91 Å². The smallest absolute Gasteiger partial charge is 0.306 e. The molecule has 0 spiro atoms. The highest BCUT2D eigenvalue weighted by Gasteiger charge is 2.33. The Morgan fingerprint density at radius 3 is 2.48 bits per heavy atom. The van der Waals surface area contributed by atoms with E-state index in [4.69, 9.17) is 5.11 Å². The summed E-state index contributed by atoms with van der Waals surface area (Å²) in [4.78, 5) is 22.8. The molecular formula is C16H21NO4. The number of amides is 1. The van der Waals surface area contributed by atoms with Crippen molar-refractivity contribution in [1.82, 2.24) is 5.32 Å². The molecule has 21 heavy (non-hydrogen) atoms. The highest BCUT2D eigenvalue weighted by Crippen LogP contribution is 2.31. The molecule has 0 aromatic heterocycles.